The molecule has 2 unspecified atom stereocenters. The second-order valence-corrected chi connectivity index (χ2v) is 5.07. The molecular weight excluding hydrogens is 204 g/mol. The molecule has 0 N–H and O–H groups in total. The highest BCUT2D eigenvalue weighted by Crippen LogP contribution is 2.35. The standard InChI is InChI=1S/C14H21Cl/c1-6-10(3)14(15)13-11(4)7-9(2)8-12(13)5/h7-8,10,14H,6H2,1-5H3. The van der Waals surface area contributed by atoms with E-state index in [1.54, 1.807) is 0 Å². The highest BCUT2D eigenvalue weighted by atomic mass is 35.5. The Morgan fingerprint density at radius 3 is 2.00 bits per heavy atom. The third-order valence-electron chi connectivity index (χ3n) is 3.16. The van der Waals surface area contributed by atoms with Crippen LogP contribution in [0.3, 0.4) is 0 Å². The van der Waals surface area contributed by atoms with Gasteiger partial charge in [-0.15, -0.1) is 11.6 Å². The van der Waals surface area contributed by atoms with Gasteiger partial charge in [0, 0.05) is 0 Å². The topological polar surface area (TPSA) is 0 Å². The van der Waals surface area contributed by atoms with Gasteiger partial charge in [-0.2, -0.15) is 0 Å². The molecule has 0 aliphatic carbocycles. The van der Waals surface area contributed by atoms with E-state index >= 15 is 0 Å². The number of hydrogen-bond donors (Lipinski definition) is 0. The molecule has 0 aliphatic heterocycles. The van der Waals surface area contributed by atoms with Gasteiger partial charge in [-0.3, -0.25) is 0 Å². The fraction of sp³-hybridized carbons (Fsp3) is 0.571. The highest BCUT2D eigenvalue weighted by molar-refractivity contribution is 6.21. The molecule has 2 atom stereocenters. The van der Waals surface area contributed by atoms with Crippen LogP contribution < -0.4 is 0 Å². The molecule has 0 amide bonds. The molecule has 1 aromatic rings. The van der Waals surface area contributed by atoms with E-state index < -0.39 is 0 Å². The predicted molar refractivity (Wildman–Crippen MR) is 68.7 cm³/mol. The van der Waals surface area contributed by atoms with E-state index in [1.807, 2.05) is 0 Å². The largest absolute Gasteiger partial charge is 0.118 e. The monoisotopic (exact) mass is 224 g/mol. The van der Waals surface area contributed by atoms with Crippen LogP contribution in [-0.4, -0.2) is 0 Å². The first kappa shape index (κ1) is 12.6. The molecule has 0 bridgehead atoms. The number of hydrogen-bond acceptors (Lipinski definition) is 0. The average Bonchev–Trinajstić information content (AvgIpc) is 2.14. The van der Waals surface area contributed by atoms with Gasteiger partial charge in [0.15, 0.2) is 0 Å². The van der Waals surface area contributed by atoms with E-state index in [0.29, 0.717) is 5.92 Å². The minimum atomic E-state index is 0.149. The van der Waals surface area contributed by atoms with Crippen molar-refractivity contribution in [3.05, 3.63) is 34.4 Å². The fourth-order valence-electron chi connectivity index (χ4n) is 2.12. The van der Waals surface area contributed by atoms with Gasteiger partial charge in [0.05, 0.1) is 5.38 Å². The lowest BCUT2D eigenvalue weighted by atomic mass is 9.90. The molecule has 1 aromatic carbocycles. The molecule has 15 heavy (non-hydrogen) atoms. The van der Waals surface area contributed by atoms with Crippen molar-refractivity contribution in [1.82, 2.24) is 0 Å². The zero-order chi connectivity index (χ0) is 11.6. The first-order valence-electron chi connectivity index (χ1n) is 5.69. The smallest absolute Gasteiger partial charge is 0.0615 e. The van der Waals surface area contributed by atoms with Crippen molar-refractivity contribution < 1.29 is 0 Å². The summed E-state index contributed by atoms with van der Waals surface area (Å²) in [4.78, 5) is 0. The fourth-order valence-corrected chi connectivity index (χ4v) is 2.64. The lowest BCUT2D eigenvalue weighted by molar-refractivity contribution is 0.539. The summed E-state index contributed by atoms with van der Waals surface area (Å²) in [5.41, 5.74) is 5.30. The first-order chi connectivity index (χ1) is 6.97. The van der Waals surface area contributed by atoms with Crippen LogP contribution in [0.1, 0.15) is 47.9 Å². The van der Waals surface area contributed by atoms with Crippen LogP contribution in [-0.2, 0) is 0 Å². The van der Waals surface area contributed by atoms with Gasteiger partial charge in [0.1, 0.15) is 0 Å². The molecule has 1 rings (SSSR count). The van der Waals surface area contributed by atoms with E-state index in [4.69, 9.17) is 11.6 Å². The van der Waals surface area contributed by atoms with Crippen molar-refractivity contribution in [2.45, 2.75) is 46.4 Å². The van der Waals surface area contributed by atoms with E-state index in [9.17, 15) is 0 Å². The Labute approximate surface area is 98.7 Å². The predicted octanol–water partition coefficient (Wildman–Crippen LogP) is 4.94. The highest BCUT2D eigenvalue weighted by Gasteiger charge is 2.18. The molecule has 0 heterocycles. The summed E-state index contributed by atoms with van der Waals surface area (Å²) in [6, 6.07) is 4.44. The quantitative estimate of drug-likeness (QED) is 0.639. The number of rotatable bonds is 3. The van der Waals surface area contributed by atoms with Crippen molar-refractivity contribution in [2.24, 2.45) is 5.92 Å². The SMILES string of the molecule is CCC(C)C(Cl)c1c(C)cc(C)cc1C. The van der Waals surface area contributed by atoms with Crippen molar-refractivity contribution >= 4 is 11.6 Å². The summed E-state index contributed by atoms with van der Waals surface area (Å²) in [6.07, 6.45) is 1.13. The van der Waals surface area contributed by atoms with Gasteiger partial charge in [-0.05, 0) is 43.4 Å². The third-order valence-corrected chi connectivity index (χ3v) is 3.81. The van der Waals surface area contributed by atoms with Crippen LogP contribution in [0.5, 0.6) is 0 Å². The zero-order valence-corrected chi connectivity index (χ0v) is 11.2. The van der Waals surface area contributed by atoms with Crippen LogP contribution in [0.15, 0.2) is 12.1 Å². The maximum Gasteiger partial charge on any atom is 0.0615 e. The van der Waals surface area contributed by atoms with E-state index in [2.05, 4.69) is 46.8 Å². The van der Waals surface area contributed by atoms with Crippen LogP contribution in [0.2, 0.25) is 0 Å². The van der Waals surface area contributed by atoms with Crippen LogP contribution >= 0.6 is 11.6 Å². The molecule has 1 heteroatoms. The summed E-state index contributed by atoms with van der Waals surface area (Å²) in [5, 5.41) is 0.149. The summed E-state index contributed by atoms with van der Waals surface area (Å²) < 4.78 is 0. The number of benzene rings is 1. The maximum absolute atomic E-state index is 6.52. The summed E-state index contributed by atoms with van der Waals surface area (Å²) in [5.74, 6) is 0.534. The van der Waals surface area contributed by atoms with Crippen LogP contribution in [0.25, 0.3) is 0 Å². The summed E-state index contributed by atoms with van der Waals surface area (Å²) >= 11 is 6.52. The first-order valence-corrected chi connectivity index (χ1v) is 6.12. The lowest BCUT2D eigenvalue weighted by Gasteiger charge is -2.21. The second-order valence-electron chi connectivity index (χ2n) is 4.60. The van der Waals surface area contributed by atoms with Gasteiger partial charge in [-0.25, -0.2) is 0 Å². The Hall–Kier alpha value is -0.490. The van der Waals surface area contributed by atoms with Gasteiger partial charge in [0.25, 0.3) is 0 Å². The molecular formula is C14H21Cl. The zero-order valence-electron chi connectivity index (χ0n) is 10.4. The number of aryl methyl sites for hydroxylation is 3. The Morgan fingerprint density at radius 1 is 1.13 bits per heavy atom. The molecule has 0 spiro atoms. The molecule has 0 saturated heterocycles. The van der Waals surface area contributed by atoms with Crippen molar-refractivity contribution in [3.63, 3.8) is 0 Å². The molecule has 0 aliphatic rings. The van der Waals surface area contributed by atoms with Gasteiger partial charge in [-0.1, -0.05) is 38.0 Å². The third kappa shape index (κ3) is 2.75. The van der Waals surface area contributed by atoms with Crippen LogP contribution in [0.4, 0.5) is 0 Å². The lowest BCUT2D eigenvalue weighted by Crippen LogP contribution is -2.06. The molecule has 0 aromatic heterocycles. The summed E-state index contributed by atoms with van der Waals surface area (Å²) in [7, 11) is 0. The van der Waals surface area contributed by atoms with Gasteiger partial charge >= 0.3 is 0 Å². The normalized spacial score (nSPS) is 15.1. The summed E-state index contributed by atoms with van der Waals surface area (Å²) in [6.45, 7) is 10.9. The Kier molecular flexibility index (Phi) is 4.21. The Morgan fingerprint density at radius 2 is 1.60 bits per heavy atom. The molecule has 0 nitrogen and oxygen atoms in total. The van der Waals surface area contributed by atoms with E-state index in [0.717, 1.165) is 6.42 Å². The van der Waals surface area contributed by atoms with E-state index in [-0.39, 0.29) is 5.38 Å². The second kappa shape index (κ2) is 5.03. The molecule has 84 valence electrons. The van der Waals surface area contributed by atoms with Crippen molar-refractivity contribution in [3.8, 4) is 0 Å². The van der Waals surface area contributed by atoms with Crippen molar-refractivity contribution in [1.29, 1.82) is 0 Å². The number of halogens is 1. The Bertz CT molecular complexity index is 318. The van der Waals surface area contributed by atoms with Crippen molar-refractivity contribution in [2.75, 3.05) is 0 Å². The minimum Gasteiger partial charge on any atom is -0.118 e. The van der Waals surface area contributed by atoms with E-state index in [1.165, 1.54) is 22.3 Å². The molecule has 0 saturated carbocycles. The van der Waals surface area contributed by atoms with Gasteiger partial charge < -0.3 is 0 Å². The Balaban J connectivity index is 3.13. The number of alkyl halides is 1. The molecule has 0 radical (unpaired) electrons. The maximum atomic E-state index is 6.52. The minimum absolute atomic E-state index is 0.149. The van der Waals surface area contributed by atoms with Gasteiger partial charge in [0.2, 0.25) is 0 Å². The van der Waals surface area contributed by atoms with Crippen LogP contribution in [0, 0.1) is 26.7 Å². The molecule has 0 fully saturated rings. The average molecular weight is 225 g/mol.